The predicted molar refractivity (Wildman–Crippen MR) is 114 cm³/mol. The second kappa shape index (κ2) is 8.84. The number of ether oxygens (including phenoxy) is 1. The van der Waals surface area contributed by atoms with Crippen LogP contribution in [0.1, 0.15) is 24.0 Å². The third kappa shape index (κ3) is 4.61. The highest BCUT2D eigenvalue weighted by atomic mass is 32.2. The van der Waals surface area contributed by atoms with Crippen LogP contribution in [0.15, 0.2) is 46.2 Å². The normalized spacial score (nSPS) is 21.7. The molecule has 0 aromatic heterocycles. The van der Waals surface area contributed by atoms with Gasteiger partial charge in [0.2, 0.25) is 5.91 Å². The van der Waals surface area contributed by atoms with E-state index in [-0.39, 0.29) is 18.3 Å². The van der Waals surface area contributed by atoms with Gasteiger partial charge in [0.1, 0.15) is 11.4 Å². The Hall–Kier alpha value is -2.03. The monoisotopic (exact) mass is 450 g/mol. The summed E-state index contributed by atoms with van der Waals surface area (Å²) in [5.41, 5.74) is 1.86. The van der Waals surface area contributed by atoms with E-state index in [9.17, 15) is 18.0 Å². The number of carbonyl (C=O) groups excluding carboxylic acids is 1. The highest BCUT2D eigenvalue weighted by molar-refractivity contribution is 7.99. The molecule has 1 unspecified atom stereocenters. The molecule has 2 heterocycles. The van der Waals surface area contributed by atoms with Crippen molar-refractivity contribution < 1.29 is 22.7 Å². The van der Waals surface area contributed by atoms with Gasteiger partial charge in [-0.3, -0.25) is 9.69 Å². The first-order valence-electron chi connectivity index (χ1n) is 10.2. The molecule has 8 heteroatoms. The Morgan fingerprint density at radius 1 is 1.16 bits per heavy atom. The van der Waals surface area contributed by atoms with Crippen LogP contribution in [0.3, 0.4) is 0 Å². The number of methoxy groups -OCH3 is 1. The summed E-state index contributed by atoms with van der Waals surface area (Å²) in [5.74, 6) is -0.281. The number of fused-ring (bicyclic) bond motifs is 1. The Morgan fingerprint density at radius 2 is 1.97 bits per heavy atom. The largest absolute Gasteiger partial charge is 0.372 e. The highest BCUT2D eigenvalue weighted by Crippen LogP contribution is 2.40. The average Bonchev–Trinajstić information content (AvgIpc) is 3.14. The van der Waals surface area contributed by atoms with Crippen LogP contribution < -0.4 is 4.90 Å². The minimum Gasteiger partial charge on any atom is -0.372 e. The number of hydrogen-bond donors (Lipinski definition) is 0. The van der Waals surface area contributed by atoms with Crippen molar-refractivity contribution in [2.45, 2.75) is 41.1 Å². The van der Waals surface area contributed by atoms with Crippen molar-refractivity contribution >= 4 is 23.4 Å². The summed E-state index contributed by atoms with van der Waals surface area (Å²) in [6.45, 7) is 0.475. The summed E-state index contributed by atoms with van der Waals surface area (Å²) in [5, 5.41) is 0. The van der Waals surface area contributed by atoms with Gasteiger partial charge in [0, 0.05) is 49.1 Å². The first kappa shape index (κ1) is 22.2. The predicted octanol–water partition coefficient (Wildman–Crippen LogP) is 4.70. The second-order valence-corrected chi connectivity index (χ2v) is 9.24. The lowest BCUT2D eigenvalue weighted by Crippen LogP contribution is -2.34. The number of benzene rings is 2. The molecule has 2 aliphatic heterocycles. The first-order chi connectivity index (χ1) is 14.8. The van der Waals surface area contributed by atoms with Crippen LogP contribution >= 0.6 is 11.8 Å². The Morgan fingerprint density at radius 3 is 2.71 bits per heavy atom. The maximum atomic E-state index is 14.5. The standard InChI is InChI=1S/C23H25F3N2O2S/c1-27-20-5-4-18(9-15(20)3-6-22(27)29)31-19-11-16(10-17(24)12-19)23(30-2)7-8-28(14-23)13-21(25)26/h4-5,9-12,21H,3,6-8,13-14H2,1-2H3. The van der Waals surface area contributed by atoms with Crippen molar-refractivity contribution in [2.24, 2.45) is 0 Å². The smallest absolute Gasteiger partial charge is 0.251 e. The van der Waals surface area contributed by atoms with Crippen molar-refractivity contribution in [1.82, 2.24) is 4.90 Å². The van der Waals surface area contributed by atoms with Gasteiger partial charge in [-0.15, -0.1) is 0 Å². The van der Waals surface area contributed by atoms with Gasteiger partial charge in [-0.25, -0.2) is 13.2 Å². The number of likely N-dealkylation sites (tertiary alicyclic amines) is 1. The molecule has 1 amide bonds. The van der Waals surface area contributed by atoms with E-state index in [2.05, 4.69) is 0 Å². The van der Waals surface area contributed by atoms with Gasteiger partial charge in [-0.1, -0.05) is 11.8 Å². The van der Waals surface area contributed by atoms with Crippen molar-refractivity contribution in [3.05, 3.63) is 53.3 Å². The van der Waals surface area contributed by atoms with Crippen LogP contribution in [0.5, 0.6) is 0 Å². The molecule has 0 spiro atoms. The van der Waals surface area contributed by atoms with Gasteiger partial charge in [-0.2, -0.15) is 0 Å². The Bertz CT molecular complexity index is 987. The van der Waals surface area contributed by atoms with Gasteiger partial charge in [0.05, 0.1) is 6.54 Å². The molecule has 0 N–H and O–H groups in total. The Balaban J connectivity index is 1.58. The third-order valence-electron chi connectivity index (χ3n) is 6.13. The fraction of sp³-hybridized carbons (Fsp3) is 0.435. The number of anilines is 1. The number of hydrogen-bond acceptors (Lipinski definition) is 4. The quantitative estimate of drug-likeness (QED) is 0.639. The zero-order chi connectivity index (χ0) is 22.2. The summed E-state index contributed by atoms with van der Waals surface area (Å²) in [4.78, 5) is 16.9. The van der Waals surface area contributed by atoms with E-state index in [1.54, 1.807) is 24.0 Å². The van der Waals surface area contributed by atoms with E-state index in [4.69, 9.17) is 4.74 Å². The zero-order valence-electron chi connectivity index (χ0n) is 17.5. The summed E-state index contributed by atoms with van der Waals surface area (Å²) < 4.78 is 45.9. The maximum absolute atomic E-state index is 14.5. The average molecular weight is 451 g/mol. The SMILES string of the molecule is COC1(c2cc(F)cc(Sc3ccc4c(c3)CCC(=O)N4C)c2)CCN(CC(F)F)C1. The number of halogens is 3. The molecule has 31 heavy (non-hydrogen) atoms. The molecule has 2 aliphatic rings. The summed E-state index contributed by atoms with van der Waals surface area (Å²) >= 11 is 1.44. The van der Waals surface area contributed by atoms with Gasteiger partial charge in [0.15, 0.2) is 0 Å². The zero-order valence-corrected chi connectivity index (χ0v) is 18.4. The van der Waals surface area contributed by atoms with Crippen molar-refractivity contribution in [3.8, 4) is 0 Å². The number of amides is 1. The number of alkyl halides is 2. The highest BCUT2D eigenvalue weighted by Gasteiger charge is 2.41. The van der Waals surface area contributed by atoms with Crippen molar-refractivity contribution in [1.29, 1.82) is 0 Å². The molecule has 0 saturated carbocycles. The van der Waals surface area contributed by atoms with Crippen LogP contribution in [0, 0.1) is 5.82 Å². The molecule has 1 atom stereocenters. The van der Waals surface area contributed by atoms with E-state index >= 15 is 0 Å². The second-order valence-electron chi connectivity index (χ2n) is 8.10. The summed E-state index contributed by atoms with van der Waals surface area (Å²) in [7, 11) is 3.32. The molecule has 1 saturated heterocycles. The minimum atomic E-state index is -2.41. The molecule has 2 aromatic rings. The molecule has 166 valence electrons. The lowest BCUT2D eigenvalue weighted by Gasteiger charge is -2.29. The van der Waals surface area contributed by atoms with Crippen molar-refractivity contribution in [3.63, 3.8) is 0 Å². The molecular weight excluding hydrogens is 425 g/mol. The van der Waals surface area contributed by atoms with E-state index in [0.29, 0.717) is 37.9 Å². The molecule has 0 radical (unpaired) electrons. The van der Waals surface area contributed by atoms with Gasteiger partial charge in [-0.05, 0) is 60.4 Å². The van der Waals surface area contributed by atoms with E-state index in [1.807, 2.05) is 24.3 Å². The molecule has 2 aromatic carbocycles. The van der Waals surface area contributed by atoms with Crippen LogP contribution in [-0.4, -0.2) is 51.0 Å². The number of rotatable bonds is 6. The minimum absolute atomic E-state index is 0.102. The topological polar surface area (TPSA) is 32.8 Å². The van der Waals surface area contributed by atoms with Crippen LogP contribution in [0.25, 0.3) is 0 Å². The van der Waals surface area contributed by atoms with Gasteiger partial charge in [0.25, 0.3) is 6.43 Å². The molecule has 0 bridgehead atoms. The lowest BCUT2D eigenvalue weighted by atomic mass is 9.92. The fourth-order valence-corrected chi connectivity index (χ4v) is 5.41. The molecule has 4 nitrogen and oxygen atoms in total. The van der Waals surface area contributed by atoms with E-state index < -0.39 is 12.0 Å². The Labute approximate surface area is 184 Å². The van der Waals surface area contributed by atoms with Crippen molar-refractivity contribution in [2.75, 3.05) is 38.7 Å². The molecular formula is C23H25F3N2O2S. The Kier molecular flexibility index (Phi) is 6.32. The molecule has 0 aliphatic carbocycles. The van der Waals surface area contributed by atoms with Crippen LogP contribution in [0.2, 0.25) is 0 Å². The maximum Gasteiger partial charge on any atom is 0.251 e. The van der Waals surface area contributed by atoms with E-state index in [0.717, 1.165) is 21.0 Å². The first-order valence-corrected chi connectivity index (χ1v) is 11.1. The third-order valence-corrected chi connectivity index (χ3v) is 7.09. The van der Waals surface area contributed by atoms with Gasteiger partial charge >= 0.3 is 0 Å². The lowest BCUT2D eigenvalue weighted by molar-refractivity contribution is -0.118. The van der Waals surface area contributed by atoms with Crippen LogP contribution in [-0.2, 0) is 21.6 Å². The van der Waals surface area contributed by atoms with E-state index in [1.165, 1.54) is 23.9 Å². The fourth-order valence-electron chi connectivity index (χ4n) is 4.45. The number of carbonyl (C=O) groups is 1. The number of nitrogens with zero attached hydrogens (tertiary/aromatic N) is 2. The molecule has 1 fully saturated rings. The number of aryl methyl sites for hydroxylation is 1. The molecule has 4 rings (SSSR count). The van der Waals surface area contributed by atoms with Crippen LogP contribution in [0.4, 0.5) is 18.9 Å². The van der Waals surface area contributed by atoms with Gasteiger partial charge < -0.3 is 9.64 Å². The summed E-state index contributed by atoms with van der Waals surface area (Å²) in [6, 6.07) is 10.7. The summed E-state index contributed by atoms with van der Waals surface area (Å²) in [6.07, 6.45) is -0.714.